The minimum atomic E-state index is 0.335. The van der Waals surface area contributed by atoms with Gasteiger partial charge in [0.15, 0.2) is 0 Å². The Morgan fingerprint density at radius 3 is 2.50 bits per heavy atom. The average Bonchev–Trinajstić information content (AvgIpc) is 2.27. The van der Waals surface area contributed by atoms with Gasteiger partial charge in [-0.3, -0.25) is 0 Å². The van der Waals surface area contributed by atoms with Gasteiger partial charge in [-0.05, 0) is 58.7 Å². The summed E-state index contributed by atoms with van der Waals surface area (Å²) in [4.78, 5) is 0. The smallest absolute Gasteiger partial charge is 0.0518 e. The Morgan fingerprint density at radius 1 is 1.17 bits per heavy atom. The van der Waals surface area contributed by atoms with E-state index < -0.39 is 0 Å². The van der Waals surface area contributed by atoms with Crippen molar-refractivity contribution in [3.8, 4) is 0 Å². The molecular weight excluding hydrogens is 222 g/mol. The van der Waals surface area contributed by atoms with Crippen molar-refractivity contribution in [3.05, 3.63) is 34.9 Å². The minimum Gasteiger partial charge on any atom is -0.379 e. The van der Waals surface area contributed by atoms with Crippen molar-refractivity contribution in [2.45, 2.75) is 53.2 Å². The molecule has 2 nitrogen and oxygen atoms in total. The van der Waals surface area contributed by atoms with E-state index in [2.05, 4.69) is 58.1 Å². The number of nitrogens with one attached hydrogen (secondary N) is 1. The summed E-state index contributed by atoms with van der Waals surface area (Å²) in [5.74, 6) is 0. The highest BCUT2D eigenvalue weighted by Crippen LogP contribution is 2.18. The molecule has 1 aromatic rings. The summed E-state index contributed by atoms with van der Waals surface area (Å²) in [6.45, 7) is 12.5. The highest BCUT2D eigenvalue weighted by atomic mass is 16.5. The van der Waals surface area contributed by atoms with Crippen LogP contribution in [0.4, 0.5) is 0 Å². The predicted octanol–water partition coefficient (Wildman–Crippen LogP) is 3.77. The number of ether oxygens (including phenoxy) is 1. The molecule has 0 aliphatic carbocycles. The largest absolute Gasteiger partial charge is 0.379 e. The van der Waals surface area contributed by atoms with Gasteiger partial charge in [-0.1, -0.05) is 23.8 Å². The van der Waals surface area contributed by atoms with Gasteiger partial charge in [0.25, 0.3) is 0 Å². The van der Waals surface area contributed by atoms with E-state index in [0.29, 0.717) is 12.1 Å². The summed E-state index contributed by atoms with van der Waals surface area (Å²) in [6.07, 6.45) is 1.40. The Bertz CT molecular complexity index is 360. The topological polar surface area (TPSA) is 21.3 Å². The van der Waals surface area contributed by atoms with E-state index in [-0.39, 0.29) is 0 Å². The predicted molar refractivity (Wildman–Crippen MR) is 78.0 cm³/mol. The first-order valence-corrected chi connectivity index (χ1v) is 6.93. The van der Waals surface area contributed by atoms with Gasteiger partial charge in [-0.25, -0.2) is 0 Å². The van der Waals surface area contributed by atoms with Crippen LogP contribution in [-0.2, 0) is 4.74 Å². The molecule has 0 radical (unpaired) electrons. The molecule has 1 atom stereocenters. The number of benzene rings is 1. The molecule has 1 rings (SSSR count). The van der Waals surface area contributed by atoms with Crippen LogP contribution >= 0.6 is 0 Å². The fourth-order valence-corrected chi connectivity index (χ4v) is 2.13. The third kappa shape index (κ3) is 5.19. The standard InChI is InChI=1S/C16H27NO/c1-12(2)18-10-6-9-17-15(5)16-8-7-13(3)11-14(16)4/h7-8,11-12,15,17H,6,9-10H2,1-5H3. The monoisotopic (exact) mass is 249 g/mol. The molecule has 0 saturated carbocycles. The average molecular weight is 249 g/mol. The van der Waals surface area contributed by atoms with E-state index in [1.165, 1.54) is 16.7 Å². The number of rotatable bonds is 7. The Morgan fingerprint density at radius 2 is 1.89 bits per heavy atom. The maximum atomic E-state index is 5.53. The lowest BCUT2D eigenvalue weighted by atomic mass is 10.0. The Hall–Kier alpha value is -0.860. The van der Waals surface area contributed by atoms with Gasteiger partial charge in [0.2, 0.25) is 0 Å². The van der Waals surface area contributed by atoms with Crippen molar-refractivity contribution in [1.29, 1.82) is 0 Å². The molecular formula is C16H27NO. The number of hydrogen-bond acceptors (Lipinski definition) is 2. The molecule has 1 N–H and O–H groups in total. The Labute approximate surface area is 112 Å². The van der Waals surface area contributed by atoms with Crippen molar-refractivity contribution in [3.63, 3.8) is 0 Å². The molecule has 0 saturated heterocycles. The van der Waals surface area contributed by atoms with Crippen molar-refractivity contribution >= 4 is 0 Å². The summed E-state index contributed by atoms with van der Waals surface area (Å²) in [7, 11) is 0. The van der Waals surface area contributed by atoms with Crippen LogP contribution in [0.15, 0.2) is 18.2 Å². The van der Waals surface area contributed by atoms with Crippen LogP contribution in [0.3, 0.4) is 0 Å². The van der Waals surface area contributed by atoms with Gasteiger partial charge in [0, 0.05) is 12.6 Å². The molecule has 0 heterocycles. The van der Waals surface area contributed by atoms with Gasteiger partial charge in [-0.15, -0.1) is 0 Å². The fraction of sp³-hybridized carbons (Fsp3) is 0.625. The molecule has 0 aromatic heterocycles. The number of hydrogen-bond donors (Lipinski definition) is 1. The van der Waals surface area contributed by atoms with Crippen LogP contribution in [0.25, 0.3) is 0 Å². The zero-order valence-electron chi connectivity index (χ0n) is 12.4. The normalized spacial score (nSPS) is 13.0. The van der Waals surface area contributed by atoms with Crippen molar-refractivity contribution in [2.24, 2.45) is 0 Å². The maximum absolute atomic E-state index is 5.53. The lowest BCUT2D eigenvalue weighted by molar-refractivity contribution is 0.0768. The van der Waals surface area contributed by atoms with Crippen LogP contribution in [0, 0.1) is 13.8 Å². The van der Waals surface area contributed by atoms with Crippen LogP contribution in [-0.4, -0.2) is 19.3 Å². The van der Waals surface area contributed by atoms with Gasteiger partial charge >= 0.3 is 0 Å². The van der Waals surface area contributed by atoms with E-state index in [1.54, 1.807) is 0 Å². The van der Waals surface area contributed by atoms with Crippen LogP contribution in [0.5, 0.6) is 0 Å². The minimum absolute atomic E-state index is 0.335. The highest BCUT2D eigenvalue weighted by Gasteiger charge is 2.07. The Balaban J connectivity index is 2.34. The third-order valence-corrected chi connectivity index (χ3v) is 3.11. The van der Waals surface area contributed by atoms with E-state index in [4.69, 9.17) is 4.74 Å². The van der Waals surface area contributed by atoms with E-state index in [1.807, 2.05) is 0 Å². The first kappa shape index (κ1) is 15.2. The van der Waals surface area contributed by atoms with E-state index in [0.717, 1.165) is 19.6 Å². The van der Waals surface area contributed by atoms with Gasteiger partial charge < -0.3 is 10.1 Å². The second kappa shape index (κ2) is 7.55. The molecule has 102 valence electrons. The lowest BCUT2D eigenvalue weighted by Gasteiger charge is -2.17. The number of aryl methyl sites for hydroxylation is 2. The molecule has 0 aliphatic heterocycles. The second-order valence-electron chi connectivity index (χ2n) is 5.31. The van der Waals surface area contributed by atoms with Crippen LogP contribution < -0.4 is 5.32 Å². The molecule has 0 amide bonds. The van der Waals surface area contributed by atoms with Gasteiger partial charge in [-0.2, -0.15) is 0 Å². The van der Waals surface area contributed by atoms with E-state index in [9.17, 15) is 0 Å². The van der Waals surface area contributed by atoms with Crippen molar-refractivity contribution in [2.75, 3.05) is 13.2 Å². The summed E-state index contributed by atoms with van der Waals surface area (Å²) in [5.41, 5.74) is 4.09. The van der Waals surface area contributed by atoms with Gasteiger partial charge in [0.05, 0.1) is 6.10 Å². The molecule has 0 bridgehead atoms. The SMILES string of the molecule is Cc1ccc(C(C)NCCCOC(C)C)c(C)c1. The molecule has 0 spiro atoms. The highest BCUT2D eigenvalue weighted by molar-refractivity contribution is 5.32. The first-order chi connectivity index (χ1) is 8.50. The second-order valence-corrected chi connectivity index (χ2v) is 5.31. The molecule has 0 aliphatic rings. The molecule has 0 fully saturated rings. The van der Waals surface area contributed by atoms with E-state index >= 15 is 0 Å². The quantitative estimate of drug-likeness (QED) is 0.743. The zero-order chi connectivity index (χ0) is 13.5. The molecule has 1 aromatic carbocycles. The van der Waals surface area contributed by atoms with Gasteiger partial charge in [0.1, 0.15) is 0 Å². The van der Waals surface area contributed by atoms with Crippen molar-refractivity contribution in [1.82, 2.24) is 5.32 Å². The molecule has 2 heteroatoms. The maximum Gasteiger partial charge on any atom is 0.0518 e. The third-order valence-electron chi connectivity index (χ3n) is 3.11. The Kier molecular flexibility index (Phi) is 6.37. The fourth-order valence-electron chi connectivity index (χ4n) is 2.13. The summed E-state index contributed by atoms with van der Waals surface area (Å²) in [6, 6.07) is 7.06. The lowest BCUT2D eigenvalue weighted by Crippen LogP contribution is -2.22. The summed E-state index contributed by atoms with van der Waals surface area (Å²) >= 11 is 0. The van der Waals surface area contributed by atoms with Crippen LogP contribution in [0.1, 0.15) is 49.9 Å². The summed E-state index contributed by atoms with van der Waals surface area (Å²) < 4.78 is 5.53. The first-order valence-electron chi connectivity index (χ1n) is 6.93. The van der Waals surface area contributed by atoms with Crippen molar-refractivity contribution < 1.29 is 4.74 Å². The summed E-state index contributed by atoms with van der Waals surface area (Å²) in [5, 5.41) is 3.55. The molecule has 1 unspecified atom stereocenters. The molecule has 18 heavy (non-hydrogen) atoms. The van der Waals surface area contributed by atoms with Crippen LogP contribution in [0.2, 0.25) is 0 Å². The zero-order valence-corrected chi connectivity index (χ0v) is 12.4.